The highest BCUT2D eigenvalue weighted by atomic mass is 16.2. The van der Waals surface area contributed by atoms with E-state index in [0.29, 0.717) is 16.8 Å². The summed E-state index contributed by atoms with van der Waals surface area (Å²) >= 11 is 0. The molecular weight excluding hydrogens is 520 g/mol. The Labute approximate surface area is 245 Å². The summed E-state index contributed by atoms with van der Waals surface area (Å²) in [5.41, 5.74) is 7.23. The fourth-order valence-corrected chi connectivity index (χ4v) is 7.33. The van der Waals surface area contributed by atoms with Crippen LogP contribution in [0.1, 0.15) is 55.5 Å². The molecule has 3 heterocycles. The number of hydrogen-bond donors (Lipinski definition) is 1. The molecule has 0 aliphatic carbocycles. The van der Waals surface area contributed by atoms with Gasteiger partial charge in [0.15, 0.2) is 11.6 Å². The highest BCUT2D eigenvalue weighted by Gasteiger charge is 2.70. The van der Waals surface area contributed by atoms with E-state index in [1.807, 2.05) is 113 Å². The van der Waals surface area contributed by atoms with Gasteiger partial charge < -0.3 is 10.2 Å². The van der Waals surface area contributed by atoms with Gasteiger partial charge in [-0.2, -0.15) is 0 Å². The maximum atomic E-state index is 14.9. The topological polar surface area (TPSA) is 66.5 Å². The number of carbonyl (C=O) groups is 3. The number of hydrogen-bond acceptors (Lipinski definition) is 4. The van der Waals surface area contributed by atoms with Crippen molar-refractivity contribution < 1.29 is 14.4 Å². The van der Waals surface area contributed by atoms with Gasteiger partial charge in [0.1, 0.15) is 11.5 Å². The lowest BCUT2D eigenvalue weighted by Gasteiger charge is -2.39. The van der Waals surface area contributed by atoms with Crippen molar-refractivity contribution in [2.24, 2.45) is 5.92 Å². The van der Waals surface area contributed by atoms with Crippen molar-refractivity contribution >= 4 is 34.4 Å². The Balaban J connectivity index is 1.55. The van der Waals surface area contributed by atoms with Gasteiger partial charge in [-0.3, -0.25) is 14.4 Å². The number of ketones is 2. The molecule has 5 heteroatoms. The molecule has 1 saturated heterocycles. The minimum absolute atomic E-state index is 0.168. The van der Waals surface area contributed by atoms with Crippen molar-refractivity contribution in [3.05, 3.63) is 136 Å². The van der Waals surface area contributed by atoms with E-state index in [4.69, 9.17) is 0 Å². The largest absolute Gasteiger partial charge is 0.352 e. The van der Waals surface area contributed by atoms with Crippen molar-refractivity contribution in [3.63, 3.8) is 0 Å². The number of nitrogens with zero attached hydrogens (tertiary/aromatic N) is 1. The van der Waals surface area contributed by atoms with E-state index in [9.17, 15) is 14.4 Å². The Morgan fingerprint density at radius 2 is 1.33 bits per heavy atom. The standard InChI is InChI=1S/C37H32N2O3/c1-21-9-14-25(15-10-21)34(40)32-33(35(41)26-16-11-22(2)12-17-26)39-30-18-13-23(3)19-27(30)24(4)20-31(39)37(32)28-7-5-6-8-29(28)38-36(37)42/h5-20,31-33H,1-4H3,(H,38,42)/t31-,32+,33-,37+/m0/s1. The zero-order valence-electron chi connectivity index (χ0n) is 24.1. The molecule has 1 fully saturated rings. The normalized spacial score (nSPS) is 23.6. The van der Waals surface area contributed by atoms with Gasteiger partial charge in [0.05, 0.1) is 12.0 Å². The van der Waals surface area contributed by atoms with Crippen LogP contribution in [0.2, 0.25) is 0 Å². The fraction of sp³-hybridized carbons (Fsp3) is 0.216. The number of allylic oxidation sites excluding steroid dienone is 1. The van der Waals surface area contributed by atoms with Crippen LogP contribution in [-0.4, -0.2) is 29.6 Å². The molecule has 5 nitrogen and oxygen atoms in total. The number of para-hydroxylation sites is 1. The van der Waals surface area contributed by atoms with Gasteiger partial charge in [-0.15, -0.1) is 0 Å². The molecule has 0 bridgehead atoms. The Morgan fingerprint density at radius 1 is 0.738 bits per heavy atom. The van der Waals surface area contributed by atoms with Crippen LogP contribution >= 0.6 is 0 Å². The van der Waals surface area contributed by atoms with E-state index in [1.54, 1.807) is 0 Å². The fourth-order valence-electron chi connectivity index (χ4n) is 7.33. The number of rotatable bonds is 4. The van der Waals surface area contributed by atoms with Gasteiger partial charge in [-0.1, -0.05) is 95.6 Å². The minimum Gasteiger partial charge on any atom is -0.352 e. The Kier molecular flexibility index (Phi) is 5.84. The molecule has 7 rings (SSSR count). The zero-order valence-corrected chi connectivity index (χ0v) is 24.1. The summed E-state index contributed by atoms with van der Waals surface area (Å²) < 4.78 is 0. The lowest BCUT2D eigenvalue weighted by molar-refractivity contribution is -0.121. The summed E-state index contributed by atoms with van der Waals surface area (Å²) in [4.78, 5) is 46.2. The second kappa shape index (κ2) is 9.38. The molecule has 1 N–H and O–H groups in total. The molecule has 1 spiro atoms. The maximum Gasteiger partial charge on any atom is 0.238 e. The van der Waals surface area contributed by atoms with Gasteiger partial charge in [-0.05, 0) is 57.0 Å². The number of Topliss-reactive ketones (excluding diaryl/α,β-unsaturated/α-hetero) is 2. The second-order valence-electron chi connectivity index (χ2n) is 12.0. The molecule has 1 amide bonds. The van der Waals surface area contributed by atoms with Crippen molar-refractivity contribution in [2.45, 2.75) is 45.2 Å². The average molecular weight is 553 g/mol. The Hall–Kier alpha value is -4.77. The second-order valence-corrected chi connectivity index (χ2v) is 12.0. The van der Waals surface area contributed by atoms with Crippen LogP contribution < -0.4 is 10.2 Å². The molecule has 3 aliphatic rings. The molecule has 4 aromatic rings. The van der Waals surface area contributed by atoms with E-state index < -0.39 is 23.4 Å². The van der Waals surface area contributed by atoms with Crippen LogP contribution in [0.15, 0.2) is 97.1 Å². The molecule has 4 aromatic carbocycles. The molecule has 42 heavy (non-hydrogen) atoms. The predicted octanol–water partition coefficient (Wildman–Crippen LogP) is 6.86. The third-order valence-electron chi connectivity index (χ3n) is 9.36. The molecule has 4 atom stereocenters. The highest BCUT2D eigenvalue weighted by molar-refractivity contribution is 6.18. The molecule has 0 saturated carbocycles. The number of benzene rings is 4. The van der Waals surface area contributed by atoms with Crippen LogP contribution in [0.5, 0.6) is 0 Å². The first-order valence-electron chi connectivity index (χ1n) is 14.4. The number of amides is 1. The van der Waals surface area contributed by atoms with Gasteiger partial charge in [0.2, 0.25) is 5.91 Å². The summed E-state index contributed by atoms with van der Waals surface area (Å²) in [6.45, 7) is 8.05. The summed E-state index contributed by atoms with van der Waals surface area (Å²) in [5, 5.41) is 3.10. The molecule has 208 valence electrons. The highest BCUT2D eigenvalue weighted by Crippen LogP contribution is 2.58. The van der Waals surface area contributed by atoms with Gasteiger partial charge in [-0.25, -0.2) is 0 Å². The van der Waals surface area contributed by atoms with E-state index in [0.717, 1.165) is 39.1 Å². The molecule has 0 unspecified atom stereocenters. The van der Waals surface area contributed by atoms with E-state index >= 15 is 0 Å². The zero-order chi connectivity index (χ0) is 29.3. The van der Waals surface area contributed by atoms with Crippen LogP contribution in [-0.2, 0) is 10.2 Å². The first kappa shape index (κ1) is 26.1. The van der Waals surface area contributed by atoms with Crippen molar-refractivity contribution in [3.8, 4) is 0 Å². The maximum absolute atomic E-state index is 14.9. The Morgan fingerprint density at radius 3 is 2.00 bits per heavy atom. The van der Waals surface area contributed by atoms with Gasteiger partial charge in [0.25, 0.3) is 0 Å². The lowest BCUT2D eigenvalue weighted by atomic mass is 9.64. The van der Waals surface area contributed by atoms with Gasteiger partial charge >= 0.3 is 0 Å². The SMILES string of the molecule is CC1=C[C@@H]2N(c3ccc(C)cc31)[C@H](C(=O)c1ccc(C)cc1)[C@H](C(=O)c1ccc(C)cc1)[C@]21C(=O)Nc2ccccc21. The number of fused-ring (bicyclic) bond motifs is 6. The van der Waals surface area contributed by atoms with Crippen LogP contribution in [0, 0.1) is 26.7 Å². The number of anilines is 2. The van der Waals surface area contributed by atoms with E-state index in [1.165, 1.54) is 0 Å². The van der Waals surface area contributed by atoms with Crippen LogP contribution in [0.3, 0.4) is 0 Å². The Bertz CT molecular complexity index is 1820. The van der Waals surface area contributed by atoms with E-state index in [2.05, 4.69) is 22.4 Å². The number of nitrogens with one attached hydrogen (secondary N) is 1. The first-order valence-corrected chi connectivity index (χ1v) is 14.4. The van der Waals surface area contributed by atoms with Crippen LogP contribution in [0.25, 0.3) is 5.57 Å². The number of aryl methyl sites for hydroxylation is 3. The van der Waals surface area contributed by atoms with Gasteiger partial charge in [0, 0.05) is 28.1 Å². The average Bonchev–Trinajstić information content (AvgIpc) is 3.45. The quantitative estimate of drug-likeness (QED) is 0.281. The third-order valence-corrected chi connectivity index (χ3v) is 9.36. The minimum atomic E-state index is -1.31. The number of carbonyl (C=O) groups excluding carboxylic acids is 3. The molecule has 0 radical (unpaired) electrons. The summed E-state index contributed by atoms with van der Waals surface area (Å²) in [7, 11) is 0. The summed E-state index contributed by atoms with van der Waals surface area (Å²) in [6.07, 6.45) is 2.10. The third kappa shape index (κ3) is 3.59. The summed E-state index contributed by atoms with van der Waals surface area (Å²) in [5.74, 6) is -1.60. The lowest BCUT2D eigenvalue weighted by Crippen LogP contribution is -2.51. The van der Waals surface area contributed by atoms with Crippen molar-refractivity contribution in [2.75, 3.05) is 10.2 Å². The molecule has 3 aliphatic heterocycles. The smallest absolute Gasteiger partial charge is 0.238 e. The van der Waals surface area contributed by atoms with Crippen molar-refractivity contribution in [1.29, 1.82) is 0 Å². The predicted molar refractivity (Wildman–Crippen MR) is 166 cm³/mol. The summed E-state index contributed by atoms with van der Waals surface area (Å²) in [6, 6.07) is 27.3. The van der Waals surface area contributed by atoms with E-state index in [-0.39, 0.29) is 17.5 Å². The molecule has 0 aromatic heterocycles. The van der Waals surface area contributed by atoms with Crippen LogP contribution in [0.4, 0.5) is 11.4 Å². The van der Waals surface area contributed by atoms with Crippen molar-refractivity contribution in [1.82, 2.24) is 0 Å². The monoisotopic (exact) mass is 552 g/mol. The molecular formula is C37H32N2O3. The first-order chi connectivity index (χ1) is 20.2.